The van der Waals surface area contributed by atoms with Crippen LogP contribution in [-0.4, -0.2) is 5.91 Å². The Morgan fingerprint density at radius 3 is 2.55 bits per heavy atom. The molecule has 2 aromatic rings. The third-order valence-electron chi connectivity index (χ3n) is 2.89. The van der Waals surface area contributed by atoms with Crippen molar-refractivity contribution >= 4 is 60.4 Å². The number of carbonyl (C=O) groups is 1. The molecule has 1 atom stereocenters. The van der Waals surface area contributed by atoms with Crippen molar-refractivity contribution in [3.05, 3.63) is 66.1 Å². The normalized spacial score (nSPS) is 12.0. The van der Waals surface area contributed by atoms with Crippen molar-refractivity contribution in [3.8, 4) is 0 Å². The Morgan fingerprint density at radius 2 is 1.85 bits per heavy atom. The molecule has 0 saturated heterocycles. The highest BCUT2D eigenvalue weighted by molar-refractivity contribution is 14.1. The highest BCUT2D eigenvalue weighted by atomic mass is 127. The number of benzene rings is 2. The minimum atomic E-state index is -0.0846. The van der Waals surface area contributed by atoms with Gasteiger partial charge in [0.1, 0.15) is 0 Å². The number of hydrogen-bond donors (Lipinski definition) is 1. The van der Waals surface area contributed by atoms with Gasteiger partial charge < -0.3 is 5.32 Å². The van der Waals surface area contributed by atoms with Crippen LogP contribution in [0.2, 0.25) is 0 Å². The first-order valence-corrected chi connectivity index (χ1v) is 8.66. The van der Waals surface area contributed by atoms with E-state index in [1.807, 2.05) is 49.4 Å². The van der Waals surface area contributed by atoms with Crippen molar-refractivity contribution in [2.45, 2.75) is 13.0 Å². The molecule has 20 heavy (non-hydrogen) atoms. The Kier molecular flexibility index (Phi) is 5.63. The summed E-state index contributed by atoms with van der Waals surface area (Å²) in [5, 5.41) is 3.02. The molecule has 5 heteroatoms. The SMILES string of the molecule is CC(NC(=O)c1cc(I)ccc1Br)c1ccccc1Br. The zero-order valence-corrected chi connectivity index (χ0v) is 16.0. The number of nitrogens with one attached hydrogen (secondary N) is 1. The van der Waals surface area contributed by atoms with Crippen molar-refractivity contribution in [1.82, 2.24) is 5.32 Å². The largest absolute Gasteiger partial charge is 0.345 e. The third-order valence-corrected chi connectivity index (χ3v) is 4.98. The van der Waals surface area contributed by atoms with Gasteiger partial charge in [-0.15, -0.1) is 0 Å². The van der Waals surface area contributed by atoms with Crippen LogP contribution in [0.4, 0.5) is 0 Å². The van der Waals surface area contributed by atoms with Crippen LogP contribution in [0, 0.1) is 3.57 Å². The molecule has 1 N–H and O–H groups in total. The highest BCUT2D eigenvalue weighted by Gasteiger charge is 2.15. The first-order valence-electron chi connectivity index (χ1n) is 5.99. The Bertz CT molecular complexity index is 646. The quantitative estimate of drug-likeness (QED) is 0.560. The fraction of sp³-hybridized carbons (Fsp3) is 0.133. The van der Waals surface area contributed by atoms with E-state index in [-0.39, 0.29) is 11.9 Å². The average molecular weight is 509 g/mol. The van der Waals surface area contributed by atoms with Crippen molar-refractivity contribution in [2.75, 3.05) is 0 Å². The first kappa shape index (κ1) is 16.0. The van der Waals surface area contributed by atoms with Crippen LogP contribution in [0.1, 0.15) is 28.9 Å². The lowest BCUT2D eigenvalue weighted by atomic mass is 10.1. The number of amides is 1. The van der Waals surface area contributed by atoms with Gasteiger partial charge >= 0.3 is 0 Å². The fourth-order valence-electron chi connectivity index (χ4n) is 1.85. The Labute approximate surface area is 148 Å². The molecule has 0 aliphatic heterocycles. The average Bonchev–Trinajstić information content (AvgIpc) is 2.41. The molecule has 2 nitrogen and oxygen atoms in total. The number of carbonyl (C=O) groups excluding carboxylic acids is 1. The van der Waals surface area contributed by atoms with Gasteiger partial charge in [-0.2, -0.15) is 0 Å². The van der Waals surface area contributed by atoms with E-state index < -0.39 is 0 Å². The topological polar surface area (TPSA) is 29.1 Å². The zero-order valence-electron chi connectivity index (χ0n) is 10.7. The molecule has 0 aliphatic rings. The van der Waals surface area contributed by atoms with Gasteiger partial charge in [0.05, 0.1) is 11.6 Å². The summed E-state index contributed by atoms with van der Waals surface area (Å²) in [5.74, 6) is -0.0846. The Morgan fingerprint density at radius 1 is 1.15 bits per heavy atom. The van der Waals surface area contributed by atoms with Crippen molar-refractivity contribution in [3.63, 3.8) is 0 Å². The molecule has 0 aliphatic carbocycles. The summed E-state index contributed by atoms with van der Waals surface area (Å²) in [4.78, 5) is 12.4. The van der Waals surface area contributed by atoms with Gasteiger partial charge in [0, 0.05) is 12.5 Å². The maximum Gasteiger partial charge on any atom is 0.252 e. The maximum atomic E-state index is 12.4. The molecule has 0 aromatic heterocycles. The summed E-state index contributed by atoms with van der Waals surface area (Å²) in [5.41, 5.74) is 1.71. The standard InChI is InChI=1S/C15H12Br2INO/c1-9(11-4-2-3-5-13(11)16)19-15(20)12-8-10(18)6-7-14(12)17/h2-9H,1H3,(H,19,20). The van der Waals surface area contributed by atoms with Crippen LogP contribution in [0.3, 0.4) is 0 Å². The number of halogens is 3. The number of rotatable bonds is 3. The smallest absolute Gasteiger partial charge is 0.252 e. The van der Waals surface area contributed by atoms with Crippen molar-refractivity contribution in [1.29, 1.82) is 0 Å². The zero-order chi connectivity index (χ0) is 14.7. The molecule has 2 aromatic carbocycles. The molecule has 0 heterocycles. The van der Waals surface area contributed by atoms with E-state index in [1.165, 1.54) is 0 Å². The molecule has 0 saturated carbocycles. The summed E-state index contributed by atoms with van der Waals surface area (Å²) in [6.07, 6.45) is 0. The van der Waals surface area contributed by atoms with E-state index in [9.17, 15) is 4.79 Å². The molecule has 0 fully saturated rings. The molecule has 0 radical (unpaired) electrons. The van der Waals surface area contributed by atoms with Crippen LogP contribution in [0.25, 0.3) is 0 Å². The van der Waals surface area contributed by atoms with Crippen LogP contribution in [0.15, 0.2) is 51.4 Å². The monoisotopic (exact) mass is 507 g/mol. The third kappa shape index (κ3) is 3.83. The minimum Gasteiger partial charge on any atom is -0.345 e. The lowest BCUT2D eigenvalue weighted by Gasteiger charge is -2.16. The van der Waals surface area contributed by atoms with Gasteiger partial charge in [-0.05, 0) is 75.3 Å². The fourth-order valence-corrected chi connectivity index (χ4v) is 3.40. The lowest BCUT2D eigenvalue weighted by Crippen LogP contribution is -2.27. The molecular weight excluding hydrogens is 497 g/mol. The summed E-state index contributed by atoms with van der Waals surface area (Å²) < 4.78 is 2.83. The van der Waals surface area contributed by atoms with E-state index in [0.717, 1.165) is 18.1 Å². The molecule has 2 rings (SSSR count). The second-order valence-corrected chi connectivity index (χ2v) is 7.30. The van der Waals surface area contributed by atoms with Gasteiger partial charge in [-0.3, -0.25) is 4.79 Å². The van der Waals surface area contributed by atoms with Gasteiger partial charge in [0.15, 0.2) is 0 Å². The predicted molar refractivity (Wildman–Crippen MR) is 96.9 cm³/mol. The second kappa shape index (κ2) is 7.04. The van der Waals surface area contributed by atoms with Crippen LogP contribution in [0.5, 0.6) is 0 Å². The van der Waals surface area contributed by atoms with Gasteiger partial charge in [-0.25, -0.2) is 0 Å². The summed E-state index contributed by atoms with van der Waals surface area (Å²) in [6, 6.07) is 13.5. The maximum absolute atomic E-state index is 12.4. The van der Waals surface area contributed by atoms with Crippen LogP contribution in [-0.2, 0) is 0 Å². The molecule has 1 amide bonds. The van der Waals surface area contributed by atoms with Gasteiger partial charge in [0.25, 0.3) is 5.91 Å². The van der Waals surface area contributed by atoms with E-state index >= 15 is 0 Å². The molecule has 0 spiro atoms. The van der Waals surface area contributed by atoms with Crippen molar-refractivity contribution in [2.24, 2.45) is 0 Å². The molecule has 104 valence electrons. The molecule has 0 bridgehead atoms. The molecule has 1 unspecified atom stereocenters. The summed E-state index contributed by atoms with van der Waals surface area (Å²) >= 11 is 9.12. The second-order valence-electron chi connectivity index (χ2n) is 4.34. The minimum absolute atomic E-state index is 0.0668. The van der Waals surface area contributed by atoms with Crippen LogP contribution < -0.4 is 5.32 Å². The molecular formula is C15H12Br2INO. The van der Waals surface area contributed by atoms with E-state index in [2.05, 4.69) is 59.8 Å². The highest BCUT2D eigenvalue weighted by Crippen LogP contribution is 2.24. The van der Waals surface area contributed by atoms with Gasteiger partial charge in [0.2, 0.25) is 0 Å². The van der Waals surface area contributed by atoms with E-state index in [1.54, 1.807) is 0 Å². The first-order chi connectivity index (χ1) is 9.49. The predicted octanol–water partition coefficient (Wildman–Crippen LogP) is 5.31. The summed E-state index contributed by atoms with van der Waals surface area (Å²) in [7, 11) is 0. The van der Waals surface area contributed by atoms with E-state index in [4.69, 9.17) is 0 Å². The Balaban J connectivity index is 2.20. The lowest BCUT2D eigenvalue weighted by molar-refractivity contribution is 0.0939. The van der Waals surface area contributed by atoms with Crippen LogP contribution >= 0.6 is 54.5 Å². The Hall–Kier alpha value is -0.400. The van der Waals surface area contributed by atoms with Crippen molar-refractivity contribution < 1.29 is 4.79 Å². The van der Waals surface area contributed by atoms with Gasteiger partial charge in [-0.1, -0.05) is 34.1 Å². The summed E-state index contributed by atoms with van der Waals surface area (Å²) in [6.45, 7) is 1.97. The van der Waals surface area contributed by atoms with E-state index in [0.29, 0.717) is 5.56 Å². The number of hydrogen-bond acceptors (Lipinski definition) is 1.